The largest absolute Gasteiger partial charge is 0.450 e. The summed E-state index contributed by atoms with van der Waals surface area (Å²) < 4.78 is 5.00. The maximum absolute atomic E-state index is 11.1. The van der Waals surface area contributed by atoms with Crippen LogP contribution in [0.3, 0.4) is 0 Å². The fraction of sp³-hybridized carbons (Fsp3) is 0.727. The second-order valence-electron chi connectivity index (χ2n) is 4.17. The number of hydrogen-bond donors (Lipinski definition) is 1. The molecule has 80 valence electrons. The first-order valence-electron chi connectivity index (χ1n) is 4.85. The molecule has 14 heavy (non-hydrogen) atoms. The number of carbonyl (C=O) groups excluding carboxylic acids is 1. The van der Waals surface area contributed by atoms with Gasteiger partial charge in [-0.2, -0.15) is 0 Å². The second-order valence-corrected chi connectivity index (χ2v) is 4.17. The first kappa shape index (κ1) is 13.0. The molecule has 1 atom stereocenters. The molecule has 0 heterocycles. The molecule has 0 fully saturated rings. The van der Waals surface area contributed by atoms with Crippen molar-refractivity contribution in [2.45, 2.75) is 52.2 Å². The highest BCUT2D eigenvalue weighted by atomic mass is 16.6. The Bertz CT molecular complexity index is 242. The Morgan fingerprint density at radius 2 is 2.07 bits per heavy atom. The first-order chi connectivity index (χ1) is 6.35. The van der Waals surface area contributed by atoms with Gasteiger partial charge in [0.2, 0.25) is 0 Å². The number of esters is 1. The Morgan fingerprint density at radius 3 is 2.50 bits per heavy atom. The number of hydrogen-bond acceptors (Lipinski definition) is 3. The molecule has 0 aromatic heterocycles. The van der Waals surface area contributed by atoms with Crippen LogP contribution in [0.1, 0.15) is 40.5 Å². The highest BCUT2D eigenvalue weighted by molar-refractivity contribution is 5.88. The van der Waals surface area contributed by atoms with E-state index in [0.29, 0.717) is 0 Å². The van der Waals surface area contributed by atoms with Crippen molar-refractivity contribution in [3.05, 3.63) is 0 Å². The van der Waals surface area contributed by atoms with E-state index in [-0.39, 0.29) is 6.04 Å². The Kier molecular flexibility index (Phi) is 5.26. The summed E-state index contributed by atoms with van der Waals surface area (Å²) in [7, 11) is 0. The van der Waals surface area contributed by atoms with Gasteiger partial charge >= 0.3 is 5.97 Å². The van der Waals surface area contributed by atoms with Crippen LogP contribution in [-0.2, 0) is 9.53 Å². The van der Waals surface area contributed by atoms with E-state index in [0.717, 1.165) is 12.8 Å². The van der Waals surface area contributed by atoms with E-state index in [1.807, 2.05) is 6.92 Å². The standard InChI is InChI=1S/C11H19NO2/c1-5-6-9(12)7-8-10(13)14-11(2,3)4/h9H,5-6,12H2,1-4H3. The average Bonchev–Trinajstić information content (AvgIpc) is 1.98. The third-order valence-electron chi connectivity index (χ3n) is 1.36. The molecule has 0 spiro atoms. The zero-order valence-electron chi connectivity index (χ0n) is 9.39. The van der Waals surface area contributed by atoms with Gasteiger partial charge in [0.25, 0.3) is 0 Å². The molecule has 0 bridgehead atoms. The average molecular weight is 197 g/mol. The summed E-state index contributed by atoms with van der Waals surface area (Å²) >= 11 is 0. The van der Waals surface area contributed by atoms with Crippen LogP contribution >= 0.6 is 0 Å². The minimum atomic E-state index is -0.510. The Balaban J connectivity index is 4.04. The maximum atomic E-state index is 11.1. The lowest BCUT2D eigenvalue weighted by Gasteiger charge is -2.17. The van der Waals surface area contributed by atoms with Gasteiger partial charge in [-0.05, 0) is 27.2 Å². The van der Waals surface area contributed by atoms with Crippen molar-refractivity contribution in [1.29, 1.82) is 0 Å². The van der Waals surface area contributed by atoms with Gasteiger partial charge in [0.15, 0.2) is 0 Å². The molecular weight excluding hydrogens is 178 g/mol. The highest BCUT2D eigenvalue weighted by Crippen LogP contribution is 2.06. The van der Waals surface area contributed by atoms with E-state index in [9.17, 15) is 4.79 Å². The number of nitrogens with two attached hydrogens (primary N) is 1. The third-order valence-corrected chi connectivity index (χ3v) is 1.36. The van der Waals surface area contributed by atoms with Gasteiger partial charge < -0.3 is 10.5 Å². The van der Waals surface area contributed by atoms with Crippen molar-refractivity contribution in [2.75, 3.05) is 0 Å². The molecule has 3 nitrogen and oxygen atoms in total. The molecular formula is C11H19NO2. The van der Waals surface area contributed by atoms with Crippen LogP contribution < -0.4 is 5.73 Å². The Hall–Kier alpha value is -1.01. The summed E-state index contributed by atoms with van der Waals surface area (Å²) in [5, 5.41) is 0. The zero-order chi connectivity index (χ0) is 11.2. The summed E-state index contributed by atoms with van der Waals surface area (Å²) in [5.41, 5.74) is 5.13. The van der Waals surface area contributed by atoms with Gasteiger partial charge in [-0.1, -0.05) is 19.3 Å². The van der Waals surface area contributed by atoms with Crippen molar-refractivity contribution < 1.29 is 9.53 Å². The first-order valence-corrected chi connectivity index (χ1v) is 4.85. The SMILES string of the molecule is CCCC(N)C#CC(=O)OC(C)(C)C. The minimum absolute atomic E-state index is 0.229. The smallest absolute Gasteiger partial charge is 0.384 e. The predicted molar refractivity (Wildman–Crippen MR) is 56.5 cm³/mol. The topological polar surface area (TPSA) is 52.3 Å². The van der Waals surface area contributed by atoms with Crippen LogP contribution in [0.5, 0.6) is 0 Å². The van der Waals surface area contributed by atoms with Crippen LogP contribution in [-0.4, -0.2) is 17.6 Å². The van der Waals surface area contributed by atoms with Crippen LogP contribution in [0.15, 0.2) is 0 Å². The Labute approximate surface area is 86.0 Å². The molecule has 0 aliphatic heterocycles. The van der Waals surface area contributed by atoms with Crippen LogP contribution in [0, 0.1) is 11.8 Å². The van der Waals surface area contributed by atoms with Gasteiger partial charge in [0.1, 0.15) is 5.60 Å². The van der Waals surface area contributed by atoms with Crippen molar-refractivity contribution in [2.24, 2.45) is 5.73 Å². The molecule has 3 heteroatoms. The lowest BCUT2D eigenvalue weighted by atomic mass is 10.2. The van der Waals surface area contributed by atoms with Gasteiger partial charge in [-0.3, -0.25) is 0 Å². The lowest BCUT2D eigenvalue weighted by Crippen LogP contribution is -2.23. The third kappa shape index (κ3) is 7.63. The Morgan fingerprint density at radius 1 is 1.50 bits per heavy atom. The monoisotopic (exact) mass is 197 g/mol. The van der Waals surface area contributed by atoms with E-state index < -0.39 is 11.6 Å². The van der Waals surface area contributed by atoms with E-state index in [2.05, 4.69) is 11.8 Å². The quantitative estimate of drug-likeness (QED) is 0.414. The summed E-state index contributed by atoms with van der Waals surface area (Å²) in [6.45, 7) is 7.44. The molecule has 1 unspecified atom stereocenters. The molecule has 0 rings (SSSR count). The van der Waals surface area contributed by atoms with Gasteiger partial charge in [-0.15, -0.1) is 0 Å². The maximum Gasteiger partial charge on any atom is 0.384 e. The highest BCUT2D eigenvalue weighted by Gasteiger charge is 2.14. The number of ether oxygens (including phenoxy) is 1. The van der Waals surface area contributed by atoms with Crippen molar-refractivity contribution >= 4 is 5.97 Å². The summed E-state index contributed by atoms with van der Waals surface area (Å²) in [6.07, 6.45) is 1.76. The van der Waals surface area contributed by atoms with E-state index in [1.165, 1.54) is 0 Å². The van der Waals surface area contributed by atoms with Crippen molar-refractivity contribution in [3.63, 3.8) is 0 Å². The summed E-state index contributed by atoms with van der Waals surface area (Å²) in [4.78, 5) is 11.1. The van der Waals surface area contributed by atoms with Crippen LogP contribution in [0.25, 0.3) is 0 Å². The molecule has 0 saturated heterocycles. The molecule has 0 aliphatic carbocycles. The van der Waals surface area contributed by atoms with E-state index >= 15 is 0 Å². The van der Waals surface area contributed by atoms with Crippen LogP contribution in [0.2, 0.25) is 0 Å². The van der Waals surface area contributed by atoms with Crippen molar-refractivity contribution in [1.82, 2.24) is 0 Å². The molecule has 0 aromatic carbocycles. The molecule has 2 N–H and O–H groups in total. The predicted octanol–water partition coefficient (Wildman–Crippen LogP) is 1.46. The molecule has 0 amide bonds. The van der Waals surface area contributed by atoms with E-state index in [4.69, 9.17) is 10.5 Å². The summed E-state index contributed by atoms with van der Waals surface area (Å²) in [5.74, 6) is 4.54. The summed E-state index contributed by atoms with van der Waals surface area (Å²) in [6, 6.07) is -0.229. The molecule has 0 aliphatic rings. The fourth-order valence-electron chi connectivity index (χ4n) is 0.838. The second kappa shape index (κ2) is 5.66. The van der Waals surface area contributed by atoms with Gasteiger partial charge in [0, 0.05) is 5.92 Å². The lowest BCUT2D eigenvalue weighted by molar-refractivity contribution is -0.147. The zero-order valence-corrected chi connectivity index (χ0v) is 9.39. The molecule has 0 radical (unpaired) electrons. The normalized spacial score (nSPS) is 12.6. The number of rotatable bonds is 2. The van der Waals surface area contributed by atoms with Gasteiger partial charge in [-0.25, -0.2) is 4.79 Å². The van der Waals surface area contributed by atoms with Gasteiger partial charge in [0.05, 0.1) is 6.04 Å². The molecule has 0 saturated carbocycles. The van der Waals surface area contributed by atoms with E-state index in [1.54, 1.807) is 20.8 Å². The molecule has 0 aromatic rings. The van der Waals surface area contributed by atoms with Crippen LogP contribution in [0.4, 0.5) is 0 Å². The minimum Gasteiger partial charge on any atom is -0.450 e. The van der Waals surface area contributed by atoms with Crippen molar-refractivity contribution in [3.8, 4) is 11.8 Å². The number of carbonyl (C=O) groups is 1. The fourth-order valence-corrected chi connectivity index (χ4v) is 0.838.